The zero-order valence-electron chi connectivity index (χ0n) is 15.5. The number of thiocarbonyl (C=S) groups is 1. The number of ether oxygens (including phenoxy) is 1. The molecule has 0 saturated carbocycles. The second kappa shape index (κ2) is 10.3. The van der Waals surface area contributed by atoms with Crippen LogP contribution in [0.15, 0.2) is 18.2 Å². The van der Waals surface area contributed by atoms with Gasteiger partial charge in [-0.15, -0.1) is 11.3 Å². The van der Waals surface area contributed by atoms with E-state index < -0.39 is 0 Å². The summed E-state index contributed by atoms with van der Waals surface area (Å²) in [5, 5.41) is 17.0. The van der Waals surface area contributed by atoms with Gasteiger partial charge in [-0.1, -0.05) is 23.2 Å². The van der Waals surface area contributed by atoms with Crippen LogP contribution in [0.25, 0.3) is 0 Å². The molecule has 0 spiro atoms. The number of rotatable bonds is 6. The number of nitrogens with zero attached hydrogens (tertiary/aromatic N) is 1. The third kappa shape index (κ3) is 5.83. The van der Waals surface area contributed by atoms with Crippen molar-refractivity contribution in [1.29, 1.82) is 5.26 Å². The first-order chi connectivity index (χ1) is 14.0. The minimum Gasteiger partial charge on any atom is -0.492 e. The summed E-state index contributed by atoms with van der Waals surface area (Å²) in [6.45, 7) is 0.338. The molecular formula is C20H19Cl2N3O2S2. The van der Waals surface area contributed by atoms with Crippen molar-refractivity contribution < 1.29 is 9.53 Å². The van der Waals surface area contributed by atoms with Crippen LogP contribution < -0.4 is 15.4 Å². The molecule has 0 fully saturated rings. The Bertz CT molecular complexity index is 969. The van der Waals surface area contributed by atoms with Crippen molar-refractivity contribution in [2.75, 3.05) is 11.9 Å². The molecule has 1 aliphatic rings. The van der Waals surface area contributed by atoms with E-state index in [2.05, 4.69) is 16.7 Å². The standard InChI is InChI=1S/C20H19Cl2N3O2S2/c21-12-7-8-16(15(22)10-12)27-9-3-6-18(26)24-20(28)25-19-14(11-23)13-4-1-2-5-17(13)29-19/h7-8,10H,1-6,9H2,(H2,24,25,26,28). The van der Waals surface area contributed by atoms with Gasteiger partial charge in [-0.2, -0.15) is 5.26 Å². The molecule has 0 aliphatic heterocycles. The number of aryl methyl sites for hydroxylation is 1. The van der Waals surface area contributed by atoms with Crippen LogP contribution in [0.2, 0.25) is 10.0 Å². The average molecular weight is 468 g/mol. The number of halogens is 2. The lowest BCUT2D eigenvalue weighted by atomic mass is 9.96. The van der Waals surface area contributed by atoms with E-state index in [0.717, 1.165) is 31.2 Å². The molecule has 2 N–H and O–H groups in total. The van der Waals surface area contributed by atoms with Crippen molar-refractivity contribution in [3.8, 4) is 11.8 Å². The van der Waals surface area contributed by atoms with Gasteiger partial charge in [0, 0.05) is 16.3 Å². The van der Waals surface area contributed by atoms with Crippen LogP contribution in [0.5, 0.6) is 5.75 Å². The molecule has 0 radical (unpaired) electrons. The highest BCUT2D eigenvalue weighted by atomic mass is 35.5. The first-order valence-corrected chi connectivity index (χ1v) is 11.2. The van der Waals surface area contributed by atoms with E-state index in [0.29, 0.717) is 39.4 Å². The van der Waals surface area contributed by atoms with Gasteiger partial charge in [0.1, 0.15) is 16.8 Å². The first kappa shape index (κ1) is 21.8. The van der Waals surface area contributed by atoms with Crippen LogP contribution in [0.4, 0.5) is 5.00 Å². The van der Waals surface area contributed by atoms with Crippen LogP contribution >= 0.6 is 46.8 Å². The Balaban J connectivity index is 1.44. The molecule has 3 rings (SSSR count). The minimum absolute atomic E-state index is 0.201. The highest BCUT2D eigenvalue weighted by Crippen LogP contribution is 2.37. The maximum Gasteiger partial charge on any atom is 0.226 e. The van der Waals surface area contributed by atoms with E-state index in [9.17, 15) is 10.1 Å². The van der Waals surface area contributed by atoms with Crippen molar-refractivity contribution in [3.63, 3.8) is 0 Å². The van der Waals surface area contributed by atoms with Gasteiger partial charge in [0.25, 0.3) is 0 Å². The maximum absolute atomic E-state index is 12.1. The summed E-state index contributed by atoms with van der Waals surface area (Å²) in [6, 6.07) is 7.26. The molecule has 5 nitrogen and oxygen atoms in total. The lowest BCUT2D eigenvalue weighted by Gasteiger charge is -2.10. The second-order valence-corrected chi connectivity index (χ2v) is 8.91. The van der Waals surface area contributed by atoms with Gasteiger partial charge in [-0.3, -0.25) is 4.79 Å². The van der Waals surface area contributed by atoms with Crippen LogP contribution in [0, 0.1) is 11.3 Å². The lowest BCUT2D eigenvalue weighted by molar-refractivity contribution is -0.119. The van der Waals surface area contributed by atoms with Crippen molar-refractivity contribution >= 4 is 62.8 Å². The third-order valence-electron chi connectivity index (χ3n) is 4.46. The van der Waals surface area contributed by atoms with E-state index >= 15 is 0 Å². The molecule has 1 aromatic heterocycles. The van der Waals surface area contributed by atoms with Crippen molar-refractivity contribution in [2.24, 2.45) is 0 Å². The summed E-state index contributed by atoms with van der Waals surface area (Å²) in [5.41, 5.74) is 1.77. The topological polar surface area (TPSA) is 74.2 Å². The van der Waals surface area contributed by atoms with E-state index in [4.69, 9.17) is 40.2 Å². The number of anilines is 1. The molecule has 0 atom stereocenters. The van der Waals surface area contributed by atoms with Gasteiger partial charge in [0.15, 0.2) is 5.11 Å². The SMILES string of the molecule is N#Cc1c(NC(=S)NC(=O)CCCOc2ccc(Cl)cc2Cl)sc2c1CCCC2. The number of benzene rings is 1. The largest absolute Gasteiger partial charge is 0.492 e. The molecule has 0 bridgehead atoms. The fourth-order valence-electron chi connectivity index (χ4n) is 3.10. The molecule has 2 aromatic rings. The summed E-state index contributed by atoms with van der Waals surface area (Å²) in [4.78, 5) is 13.4. The molecular weight excluding hydrogens is 449 g/mol. The van der Waals surface area contributed by atoms with Crippen molar-refractivity contribution in [3.05, 3.63) is 44.2 Å². The Labute approximate surface area is 189 Å². The molecule has 1 amide bonds. The summed E-state index contributed by atoms with van der Waals surface area (Å²) < 4.78 is 5.57. The van der Waals surface area contributed by atoms with Crippen molar-refractivity contribution in [1.82, 2.24) is 5.32 Å². The number of carbonyl (C=O) groups excluding carboxylic acids is 1. The van der Waals surface area contributed by atoms with Gasteiger partial charge in [-0.05, 0) is 68.1 Å². The number of nitriles is 1. The summed E-state index contributed by atoms with van der Waals surface area (Å²) >= 11 is 18.7. The predicted molar refractivity (Wildman–Crippen MR) is 121 cm³/mol. The molecule has 9 heteroatoms. The Kier molecular flexibility index (Phi) is 7.73. The predicted octanol–water partition coefficient (Wildman–Crippen LogP) is 5.48. The average Bonchev–Trinajstić information content (AvgIpc) is 3.03. The van der Waals surface area contributed by atoms with Gasteiger partial charge in [-0.25, -0.2) is 0 Å². The number of carbonyl (C=O) groups is 1. The number of hydrogen-bond acceptors (Lipinski definition) is 5. The summed E-state index contributed by atoms with van der Waals surface area (Å²) in [7, 11) is 0. The fraction of sp³-hybridized carbons (Fsp3) is 0.350. The zero-order chi connectivity index (χ0) is 20.8. The second-order valence-electron chi connectivity index (χ2n) is 6.56. The Morgan fingerprint density at radius 3 is 2.86 bits per heavy atom. The lowest BCUT2D eigenvalue weighted by Crippen LogP contribution is -2.34. The smallest absolute Gasteiger partial charge is 0.226 e. The zero-order valence-corrected chi connectivity index (χ0v) is 18.7. The monoisotopic (exact) mass is 467 g/mol. The van der Waals surface area contributed by atoms with Crippen LogP contribution in [-0.4, -0.2) is 17.6 Å². The molecule has 152 valence electrons. The highest BCUT2D eigenvalue weighted by molar-refractivity contribution is 7.80. The highest BCUT2D eigenvalue weighted by Gasteiger charge is 2.21. The van der Waals surface area contributed by atoms with Crippen molar-refractivity contribution in [2.45, 2.75) is 38.5 Å². The van der Waals surface area contributed by atoms with E-state index in [1.807, 2.05) is 0 Å². The molecule has 1 aliphatic carbocycles. The number of nitrogens with one attached hydrogen (secondary N) is 2. The molecule has 1 aromatic carbocycles. The molecule has 1 heterocycles. The quantitative estimate of drug-likeness (QED) is 0.434. The van der Waals surface area contributed by atoms with Crippen LogP contribution in [0.3, 0.4) is 0 Å². The molecule has 0 saturated heterocycles. The third-order valence-corrected chi connectivity index (χ3v) is 6.40. The summed E-state index contributed by atoms with van der Waals surface area (Å²) in [6.07, 6.45) is 4.91. The first-order valence-electron chi connectivity index (χ1n) is 9.21. The summed E-state index contributed by atoms with van der Waals surface area (Å²) in [5.74, 6) is 0.312. The molecule has 0 unspecified atom stereocenters. The van der Waals surface area contributed by atoms with Gasteiger partial charge < -0.3 is 15.4 Å². The van der Waals surface area contributed by atoms with E-state index in [1.165, 1.54) is 4.88 Å². The van der Waals surface area contributed by atoms with E-state index in [1.54, 1.807) is 29.5 Å². The fourth-order valence-corrected chi connectivity index (χ4v) is 5.09. The van der Waals surface area contributed by atoms with Gasteiger partial charge in [0.05, 0.1) is 17.2 Å². The normalized spacial score (nSPS) is 12.6. The number of hydrogen-bond donors (Lipinski definition) is 2. The Morgan fingerprint density at radius 2 is 2.10 bits per heavy atom. The van der Waals surface area contributed by atoms with Gasteiger partial charge >= 0.3 is 0 Å². The van der Waals surface area contributed by atoms with E-state index in [-0.39, 0.29) is 17.4 Å². The molecule has 29 heavy (non-hydrogen) atoms. The number of fused-ring (bicyclic) bond motifs is 1. The number of thiophene rings is 1. The minimum atomic E-state index is -0.215. The Hall–Kier alpha value is -1.85. The number of amides is 1. The maximum atomic E-state index is 12.1. The Morgan fingerprint density at radius 1 is 1.31 bits per heavy atom. The van der Waals surface area contributed by atoms with Crippen LogP contribution in [-0.2, 0) is 17.6 Å². The van der Waals surface area contributed by atoms with Gasteiger partial charge in [0.2, 0.25) is 5.91 Å². The van der Waals surface area contributed by atoms with Crippen LogP contribution in [0.1, 0.15) is 41.7 Å².